The van der Waals surface area contributed by atoms with Crippen molar-refractivity contribution in [2.24, 2.45) is 0 Å². The van der Waals surface area contributed by atoms with E-state index in [0.717, 1.165) is 13.1 Å². The summed E-state index contributed by atoms with van der Waals surface area (Å²) < 4.78 is 2.25. The van der Waals surface area contributed by atoms with Crippen LogP contribution in [0.25, 0.3) is 0 Å². The standard InChI is InChI=1S/C13H25N3/c1-5-6-12(4)14-7-9-16-10-8-15-13(16)11(2)3/h8,10-12,14H,5-7,9H2,1-4H3. The number of rotatable bonds is 7. The average Bonchev–Trinajstić information content (AvgIpc) is 2.66. The molecule has 0 spiro atoms. The van der Waals surface area contributed by atoms with Gasteiger partial charge in [0, 0.05) is 37.4 Å². The molecule has 0 bridgehead atoms. The number of aromatic nitrogens is 2. The molecule has 1 atom stereocenters. The third-order valence-electron chi connectivity index (χ3n) is 2.83. The molecule has 3 heteroatoms. The van der Waals surface area contributed by atoms with E-state index in [4.69, 9.17) is 0 Å². The Labute approximate surface area is 99.3 Å². The van der Waals surface area contributed by atoms with Crippen LogP contribution in [0.1, 0.15) is 52.3 Å². The van der Waals surface area contributed by atoms with Gasteiger partial charge in [-0.1, -0.05) is 27.2 Å². The van der Waals surface area contributed by atoms with Gasteiger partial charge >= 0.3 is 0 Å². The van der Waals surface area contributed by atoms with Crippen LogP contribution in [0.15, 0.2) is 12.4 Å². The van der Waals surface area contributed by atoms with E-state index in [1.54, 1.807) is 0 Å². The zero-order valence-corrected chi connectivity index (χ0v) is 11.0. The van der Waals surface area contributed by atoms with Gasteiger partial charge in [-0.05, 0) is 13.3 Å². The van der Waals surface area contributed by atoms with E-state index in [1.807, 2.05) is 6.20 Å². The lowest BCUT2D eigenvalue weighted by atomic mass is 10.2. The Morgan fingerprint density at radius 1 is 1.38 bits per heavy atom. The van der Waals surface area contributed by atoms with Crippen molar-refractivity contribution in [2.45, 2.75) is 59.0 Å². The van der Waals surface area contributed by atoms with Crippen molar-refractivity contribution in [1.82, 2.24) is 14.9 Å². The fraction of sp³-hybridized carbons (Fsp3) is 0.769. The Balaban J connectivity index is 2.34. The summed E-state index contributed by atoms with van der Waals surface area (Å²) >= 11 is 0. The molecule has 1 unspecified atom stereocenters. The molecule has 1 heterocycles. The van der Waals surface area contributed by atoms with Crippen molar-refractivity contribution in [3.63, 3.8) is 0 Å². The largest absolute Gasteiger partial charge is 0.333 e. The summed E-state index contributed by atoms with van der Waals surface area (Å²) in [7, 11) is 0. The Morgan fingerprint density at radius 2 is 2.12 bits per heavy atom. The quantitative estimate of drug-likeness (QED) is 0.770. The van der Waals surface area contributed by atoms with Crippen molar-refractivity contribution in [3.8, 4) is 0 Å². The van der Waals surface area contributed by atoms with Crippen LogP contribution in [-0.4, -0.2) is 22.1 Å². The van der Waals surface area contributed by atoms with Crippen LogP contribution in [0.4, 0.5) is 0 Å². The molecule has 0 aliphatic rings. The summed E-state index contributed by atoms with van der Waals surface area (Å²) in [6, 6.07) is 0.621. The Hall–Kier alpha value is -0.830. The highest BCUT2D eigenvalue weighted by Gasteiger charge is 2.06. The van der Waals surface area contributed by atoms with Crippen LogP contribution < -0.4 is 5.32 Å². The van der Waals surface area contributed by atoms with E-state index >= 15 is 0 Å². The van der Waals surface area contributed by atoms with Gasteiger partial charge in [0.2, 0.25) is 0 Å². The molecule has 1 N–H and O–H groups in total. The van der Waals surface area contributed by atoms with Crippen LogP contribution >= 0.6 is 0 Å². The van der Waals surface area contributed by atoms with Gasteiger partial charge in [0.1, 0.15) is 5.82 Å². The van der Waals surface area contributed by atoms with Gasteiger partial charge in [0.05, 0.1) is 0 Å². The number of nitrogens with one attached hydrogen (secondary N) is 1. The first-order valence-electron chi connectivity index (χ1n) is 6.39. The smallest absolute Gasteiger partial charge is 0.111 e. The van der Waals surface area contributed by atoms with Gasteiger partial charge in [0.25, 0.3) is 0 Å². The third kappa shape index (κ3) is 3.97. The predicted octanol–water partition coefficient (Wildman–Crippen LogP) is 2.78. The minimum absolute atomic E-state index is 0.503. The topological polar surface area (TPSA) is 29.9 Å². The van der Waals surface area contributed by atoms with Crippen molar-refractivity contribution >= 4 is 0 Å². The van der Waals surface area contributed by atoms with Gasteiger partial charge in [-0.15, -0.1) is 0 Å². The molecule has 3 nitrogen and oxygen atoms in total. The highest BCUT2D eigenvalue weighted by Crippen LogP contribution is 2.10. The minimum atomic E-state index is 0.503. The van der Waals surface area contributed by atoms with E-state index in [-0.39, 0.29) is 0 Å². The highest BCUT2D eigenvalue weighted by molar-refractivity contribution is 4.97. The van der Waals surface area contributed by atoms with Gasteiger partial charge in [0.15, 0.2) is 0 Å². The van der Waals surface area contributed by atoms with Crippen molar-refractivity contribution in [2.75, 3.05) is 6.54 Å². The first-order valence-corrected chi connectivity index (χ1v) is 6.39. The maximum Gasteiger partial charge on any atom is 0.111 e. The van der Waals surface area contributed by atoms with E-state index in [9.17, 15) is 0 Å². The number of hydrogen-bond donors (Lipinski definition) is 1. The summed E-state index contributed by atoms with van der Waals surface area (Å²) in [6.45, 7) is 10.9. The fourth-order valence-corrected chi connectivity index (χ4v) is 1.98. The molecular weight excluding hydrogens is 198 g/mol. The molecule has 1 aromatic heterocycles. The zero-order chi connectivity index (χ0) is 12.0. The maximum absolute atomic E-state index is 4.38. The number of nitrogens with zero attached hydrogens (tertiary/aromatic N) is 2. The summed E-state index contributed by atoms with van der Waals surface area (Å²) in [5.41, 5.74) is 0. The van der Waals surface area contributed by atoms with Crippen molar-refractivity contribution in [3.05, 3.63) is 18.2 Å². The van der Waals surface area contributed by atoms with Crippen LogP contribution in [-0.2, 0) is 6.54 Å². The molecule has 0 saturated heterocycles. The molecule has 16 heavy (non-hydrogen) atoms. The fourth-order valence-electron chi connectivity index (χ4n) is 1.98. The molecule has 0 saturated carbocycles. The van der Waals surface area contributed by atoms with E-state index < -0.39 is 0 Å². The second kappa shape index (κ2) is 6.69. The highest BCUT2D eigenvalue weighted by atomic mass is 15.1. The van der Waals surface area contributed by atoms with Gasteiger partial charge in [-0.2, -0.15) is 0 Å². The van der Waals surface area contributed by atoms with Gasteiger partial charge in [-0.25, -0.2) is 4.98 Å². The number of hydrogen-bond acceptors (Lipinski definition) is 2. The maximum atomic E-state index is 4.38. The van der Waals surface area contributed by atoms with Gasteiger partial charge < -0.3 is 9.88 Å². The van der Waals surface area contributed by atoms with E-state index in [1.165, 1.54) is 18.7 Å². The molecule has 0 amide bonds. The average molecular weight is 223 g/mol. The minimum Gasteiger partial charge on any atom is -0.333 e. The number of imidazole rings is 1. The second-order valence-electron chi connectivity index (χ2n) is 4.78. The first-order chi connectivity index (χ1) is 7.65. The van der Waals surface area contributed by atoms with Crippen LogP contribution in [0, 0.1) is 0 Å². The SMILES string of the molecule is CCCC(C)NCCn1ccnc1C(C)C. The molecule has 1 rings (SSSR count). The Kier molecular flexibility index (Phi) is 5.53. The monoisotopic (exact) mass is 223 g/mol. The summed E-state index contributed by atoms with van der Waals surface area (Å²) in [4.78, 5) is 4.38. The molecule has 92 valence electrons. The third-order valence-corrected chi connectivity index (χ3v) is 2.83. The van der Waals surface area contributed by atoms with Crippen molar-refractivity contribution < 1.29 is 0 Å². The molecule has 0 aromatic carbocycles. The lowest BCUT2D eigenvalue weighted by molar-refractivity contribution is 0.478. The Bertz CT molecular complexity index is 291. The second-order valence-corrected chi connectivity index (χ2v) is 4.78. The van der Waals surface area contributed by atoms with Crippen LogP contribution in [0.3, 0.4) is 0 Å². The lowest BCUT2D eigenvalue weighted by Crippen LogP contribution is -2.29. The van der Waals surface area contributed by atoms with Crippen LogP contribution in [0.2, 0.25) is 0 Å². The molecule has 0 radical (unpaired) electrons. The van der Waals surface area contributed by atoms with Crippen molar-refractivity contribution in [1.29, 1.82) is 0 Å². The molecule has 0 aliphatic heterocycles. The van der Waals surface area contributed by atoms with E-state index in [0.29, 0.717) is 12.0 Å². The Morgan fingerprint density at radius 3 is 2.75 bits per heavy atom. The molecular formula is C13H25N3. The lowest BCUT2D eigenvalue weighted by Gasteiger charge is -2.14. The predicted molar refractivity (Wildman–Crippen MR) is 68.7 cm³/mol. The zero-order valence-electron chi connectivity index (χ0n) is 11.0. The molecule has 0 fully saturated rings. The van der Waals surface area contributed by atoms with E-state index in [2.05, 4.69) is 48.8 Å². The summed E-state index contributed by atoms with van der Waals surface area (Å²) in [5.74, 6) is 1.69. The summed E-state index contributed by atoms with van der Waals surface area (Å²) in [5, 5.41) is 3.54. The first kappa shape index (κ1) is 13.2. The molecule has 0 aliphatic carbocycles. The van der Waals surface area contributed by atoms with Crippen LogP contribution in [0.5, 0.6) is 0 Å². The molecule has 1 aromatic rings. The normalized spacial score (nSPS) is 13.3. The van der Waals surface area contributed by atoms with Gasteiger partial charge in [-0.3, -0.25) is 0 Å². The summed E-state index contributed by atoms with van der Waals surface area (Å²) in [6.07, 6.45) is 6.46.